The molecule has 6 heavy (non-hydrogen) atoms. The zero-order valence-electron chi connectivity index (χ0n) is 2.84. The lowest BCUT2D eigenvalue weighted by Gasteiger charge is -1.90. The molecule has 0 aromatic rings. The van der Waals surface area contributed by atoms with E-state index in [1.807, 2.05) is 9.47 Å². The molecule has 0 aliphatic heterocycles. The third-order valence-corrected chi connectivity index (χ3v) is 1.22. The van der Waals surface area contributed by atoms with E-state index in [-0.39, 0.29) is 9.03 Å². The maximum atomic E-state index is 7.92. The summed E-state index contributed by atoms with van der Waals surface area (Å²) in [5, 5.41) is 0. The van der Waals surface area contributed by atoms with Crippen LogP contribution in [0.2, 0.25) is 0 Å². The van der Waals surface area contributed by atoms with Gasteiger partial charge in [-0.05, 0) is 0 Å². The lowest BCUT2D eigenvalue weighted by molar-refractivity contribution is 0.518. The third-order valence-electron chi connectivity index (χ3n) is 0.135. The Morgan fingerprint density at radius 3 is 2.50 bits per heavy atom. The number of hydrogen-bond donors (Lipinski definition) is 1. The fourth-order valence-electron chi connectivity index (χ4n) is 0.0427. The van der Waals surface area contributed by atoms with Crippen LogP contribution in [0, 0.1) is 0 Å². The van der Waals surface area contributed by atoms with Crippen molar-refractivity contribution in [1.82, 2.24) is 0 Å². The Labute approximate surface area is 42.0 Å². The molecule has 0 aliphatic carbocycles. The second-order valence-corrected chi connectivity index (χ2v) is 2.50. The minimum absolute atomic E-state index is 0.0598. The Morgan fingerprint density at radius 2 is 2.33 bits per heavy atom. The zero-order chi connectivity index (χ0) is 4.83. The van der Waals surface area contributed by atoms with Gasteiger partial charge in [0, 0.05) is 9.47 Å². The summed E-state index contributed by atoms with van der Waals surface area (Å²) in [6, 6.07) is 0. The molecule has 0 fully saturated rings. The molecule has 3 nitrogen and oxygen atoms in total. The predicted octanol–water partition coefficient (Wildman–Crippen LogP) is 0.819. The molecule has 0 aliphatic rings. The lowest BCUT2D eigenvalue weighted by atomic mass is 15.8. The topological polar surface area (TPSA) is 38.7 Å². The quantitative estimate of drug-likeness (QED) is 0.473. The molecule has 6 heteroatoms. The van der Waals surface area contributed by atoms with Gasteiger partial charge in [0.25, 0.3) is 0 Å². The van der Waals surface area contributed by atoms with Crippen molar-refractivity contribution in [2.24, 2.45) is 0 Å². The average molecular weight is 146 g/mol. The van der Waals surface area contributed by atoms with Crippen molar-refractivity contribution in [3.63, 3.8) is 0 Å². The van der Waals surface area contributed by atoms with Crippen molar-refractivity contribution < 1.29 is 13.5 Å². The fraction of sp³-hybridized carbons (Fsp3) is 0. The second kappa shape index (κ2) is 6.17. The number of rotatable bonds is 3. The fourth-order valence-corrected chi connectivity index (χ4v) is 0.817. The highest BCUT2D eigenvalue weighted by molar-refractivity contribution is 7.43. The predicted molar refractivity (Wildman–Crippen MR) is 30.7 cm³/mol. The molecule has 0 bridgehead atoms. The van der Waals surface area contributed by atoms with Gasteiger partial charge in [-0.15, -0.1) is 0 Å². The Balaban J connectivity index is 2.34. The zero-order valence-corrected chi connectivity index (χ0v) is 6.00. The van der Waals surface area contributed by atoms with Crippen LogP contribution in [0.4, 0.5) is 0 Å². The Kier molecular flexibility index (Phi) is 7.37. The van der Waals surface area contributed by atoms with Crippen LogP contribution in [0.5, 0.6) is 0 Å². The van der Waals surface area contributed by atoms with E-state index >= 15 is 0 Å². The maximum Gasteiger partial charge on any atom is 0.163 e. The van der Waals surface area contributed by atoms with Crippen LogP contribution in [0.25, 0.3) is 0 Å². The van der Waals surface area contributed by atoms with E-state index in [1.165, 1.54) is 0 Å². The van der Waals surface area contributed by atoms with Crippen LogP contribution < -0.4 is 0 Å². The molecule has 0 aromatic carbocycles. The summed E-state index contributed by atoms with van der Waals surface area (Å²) >= 11 is 0. The van der Waals surface area contributed by atoms with Gasteiger partial charge >= 0.3 is 0 Å². The van der Waals surface area contributed by atoms with Gasteiger partial charge in [0.1, 0.15) is 0 Å². The first-order valence-corrected chi connectivity index (χ1v) is 3.22. The van der Waals surface area contributed by atoms with E-state index in [9.17, 15) is 0 Å². The molecule has 0 saturated carbocycles. The van der Waals surface area contributed by atoms with E-state index < -0.39 is 9.03 Å². The van der Waals surface area contributed by atoms with Gasteiger partial charge < -0.3 is 9.20 Å². The lowest BCUT2D eigenvalue weighted by Crippen LogP contribution is -1.48. The van der Waals surface area contributed by atoms with Crippen LogP contribution in [0.1, 0.15) is 0 Å². The summed E-state index contributed by atoms with van der Waals surface area (Å²) in [5.74, 6) is 0. The van der Waals surface area contributed by atoms with E-state index in [0.717, 1.165) is 0 Å². The van der Waals surface area contributed by atoms with Gasteiger partial charge in [-0.25, -0.2) is 0 Å². The van der Waals surface area contributed by atoms with Gasteiger partial charge in [-0.2, -0.15) is 0 Å². The molecule has 0 spiro atoms. The van der Waals surface area contributed by atoms with E-state index in [1.54, 1.807) is 0 Å². The van der Waals surface area contributed by atoms with Crippen molar-refractivity contribution in [2.45, 2.75) is 0 Å². The standard InChI is InChI=1S/H5O3P3/c1-5-3-6-2-4/h1,5-6H,4H2. The Hall–Kier alpha value is 1.17. The second-order valence-electron chi connectivity index (χ2n) is 0.395. The number of hydrogen-bond acceptors (Lipinski definition) is 3. The highest BCUT2D eigenvalue weighted by Crippen LogP contribution is 2.25. The first-order chi connectivity index (χ1) is 2.91. The molecule has 0 radical (unpaired) electrons. The highest BCUT2D eigenvalue weighted by Gasteiger charge is 1.74. The molecule has 3 atom stereocenters. The van der Waals surface area contributed by atoms with Gasteiger partial charge in [-0.3, -0.25) is 4.31 Å². The van der Waals surface area contributed by atoms with E-state index in [2.05, 4.69) is 8.62 Å². The molecule has 0 heterocycles. The molecular weight excluding hydrogens is 141 g/mol. The summed E-state index contributed by atoms with van der Waals surface area (Å²) in [7, 11) is 1.49. The summed E-state index contributed by atoms with van der Waals surface area (Å²) in [4.78, 5) is 7.92. The van der Waals surface area contributed by atoms with Crippen molar-refractivity contribution >= 4 is 27.5 Å². The van der Waals surface area contributed by atoms with Gasteiger partial charge in [-0.1, -0.05) is 0 Å². The molecule has 0 rings (SSSR count). The van der Waals surface area contributed by atoms with Crippen LogP contribution in [-0.2, 0) is 8.62 Å². The van der Waals surface area contributed by atoms with Crippen LogP contribution in [0.3, 0.4) is 0 Å². The third kappa shape index (κ3) is 5.17. The van der Waals surface area contributed by atoms with Crippen molar-refractivity contribution in [2.75, 3.05) is 0 Å². The van der Waals surface area contributed by atoms with E-state index in [0.29, 0.717) is 0 Å². The molecule has 0 amide bonds. The van der Waals surface area contributed by atoms with E-state index in [4.69, 9.17) is 4.89 Å². The summed E-state index contributed by atoms with van der Waals surface area (Å²) < 4.78 is 8.70. The van der Waals surface area contributed by atoms with Gasteiger partial charge in [0.2, 0.25) is 0 Å². The minimum Gasteiger partial charge on any atom is -0.352 e. The molecular formula is H5O3P3. The monoisotopic (exact) mass is 146 g/mol. The highest BCUT2D eigenvalue weighted by atomic mass is 31.2. The molecule has 3 unspecified atom stereocenters. The summed E-state index contributed by atoms with van der Waals surface area (Å²) in [6.07, 6.45) is 0. The summed E-state index contributed by atoms with van der Waals surface area (Å²) in [6.45, 7) is 0. The van der Waals surface area contributed by atoms with Gasteiger partial charge in [0.15, 0.2) is 18.1 Å². The largest absolute Gasteiger partial charge is 0.352 e. The smallest absolute Gasteiger partial charge is 0.163 e. The average Bonchev–Trinajstić information content (AvgIpc) is 1.61. The van der Waals surface area contributed by atoms with Crippen molar-refractivity contribution in [3.05, 3.63) is 0 Å². The SMILES string of the molecule is OPOPOP. The van der Waals surface area contributed by atoms with Crippen LogP contribution >= 0.6 is 27.5 Å². The normalized spacial score (nSPS) is 13.0. The maximum absolute atomic E-state index is 7.92. The minimum atomic E-state index is -0.461. The molecule has 1 N–H and O–H groups in total. The van der Waals surface area contributed by atoms with Crippen LogP contribution in [-0.4, -0.2) is 4.89 Å². The summed E-state index contributed by atoms with van der Waals surface area (Å²) in [5.41, 5.74) is 0. The Bertz CT molecular complexity index is 18.0. The van der Waals surface area contributed by atoms with Crippen LogP contribution in [0.15, 0.2) is 0 Å². The first kappa shape index (κ1) is 7.17. The molecule has 38 valence electrons. The molecule has 0 saturated heterocycles. The van der Waals surface area contributed by atoms with Crippen molar-refractivity contribution in [1.29, 1.82) is 0 Å². The van der Waals surface area contributed by atoms with Gasteiger partial charge in [0.05, 0.1) is 0 Å². The van der Waals surface area contributed by atoms with Crippen molar-refractivity contribution in [3.8, 4) is 0 Å². The Morgan fingerprint density at radius 1 is 1.67 bits per heavy atom. The first-order valence-electron chi connectivity index (χ1n) is 1.07. The molecule has 0 aromatic heterocycles.